The van der Waals surface area contributed by atoms with Crippen LogP contribution in [0.2, 0.25) is 0 Å². The highest BCUT2D eigenvalue weighted by atomic mass is 19.4. The van der Waals surface area contributed by atoms with Crippen LogP contribution in [-0.2, 0) is 22.6 Å². The Balaban J connectivity index is 1.62. The predicted molar refractivity (Wildman–Crippen MR) is 110 cm³/mol. The molecule has 1 N–H and O–H groups in total. The van der Waals surface area contributed by atoms with E-state index in [-0.39, 0.29) is 17.0 Å². The van der Waals surface area contributed by atoms with Crippen LogP contribution in [0.4, 0.5) is 23.4 Å². The van der Waals surface area contributed by atoms with E-state index in [0.29, 0.717) is 50.8 Å². The topological polar surface area (TPSA) is 90.2 Å². The summed E-state index contributed by atoms with van der Waals surface area (Å²) in [5, 5.41) is 3.04. The summed E-state index contributed by atoms with van der Waals surface area (Å²) in [7, 11) is 1.54. The second kappa shape index (κ2) is 9.93. The van der Waals surface area contributed by atoms with Gasteiger partial charge in [-0.1, -0.05) is 0 Å². The van der Waals surface area contributed by atoms with Crippen LogP contribution in [0.1, 0.15) is 17.5 Å². The summed E-state index contributed by atoms with van der Waals surface area (Å²) in [6.45, 7) is 1.11. The van der Waals surface area contributed by atoms with Crippen molar-refractivity contribution >= 4 is 17.0 Å². The highest BCUT2D eigenvalue weighted by molar-refractivity contribution is 5.83. The van der Waals surface area contributed by atoms with E-state index in [0.717, 1.165) is 17.1 Å². The summed E-state index contributed by atoms with van der Waals surface area (Å²) in [5.41, 5.74) is 0.774. The molecule has 13 heteroatoms. The van der Waals surface area contributed by atoms with E-state index in [1.807, 2.05) is 4.90 Å². The van der Waals surface area contributed by atoms with Crippen LogP contribution < -0.4 is 5.32 Å². The van der Waals surface area contributed by atoms with Crippen molar-refractivity contribution in [1.29, 1.82) is 0 Å². The average Bonchev–Trinajstić information content (AvgIpc) is 3.17. The Morgan fingerprint density at radius 3 is 2.91 bits per heavy atom. The maximum absolute atomic E-state index is 14.0. The molecule has 178 valence electrons. The maximum atomic E-state index is 14.0. The van der Waals surface area contributed by atoms with Crippen LogP contribution in [0, 0.1) is 5.82 Å². The van der Waals surface area contributed by atoms with Gasteiger partial charge in [0, 0.05) is 45.0 Å². The smallest absolute Gasteiger partial charge is 0.383 e. The van der Waals surface area contributed by atoms with E-state index >= 15 is 0 Å². The quantitative estimate of drug-likeness (QED) is 0.398. The first kappa shape index (κ1) is 23.3. The van der Waals surface area contributed by atoms with Crippen LogP contribution in [0.15, 0.2) is 24.8 Å². The van der Waals surface area contributed by atoms with Crippen LogP contribution in [-0.4, -0.2) is 75.5 Å². The fourth-order valence-electron chi connectivity index (χ4n) is 3.58. The third-order valence-electron chi connectivity index (χ3n) is 5.12. The third-order valence-corrected chi connectivity index (χ3v) is 5.12. The molecule has 1 saturated heterocycles. The molecule has 3 aromatic rings. The second-order valence-corrected chi connectivity index (χ2v) is 7.57. The molecule has 0 amide bonds. The van der Waals surface area contributed by atoms with Gasteiger partial charge >= 0.3 is 6.18 Å². The zero-order chi connectivity index (χ0) is 23.4. The highest BCUT2D eigenvalue weighted by Gasteiger charge is 2.31. The zero-order valence-electron chi connectivity index (χ0n) is 17.8. The number of hydrogen-bond acceptors (Lipinski definition) is 8. The number of anilines is 1. The Kier molecular flexibility index (Phi) is 7.00. The highest BCUT2D eigenvalue weighted by Crippen LogP contribution is 2.28. The van der Waals surface area contributed by atoms with Gasteiger partial charge in [0.1, 0.15) is 24.0 Å². The number of alkyl halides is 3. The zero-order valence-corrected chi connectivity index (χ0v) is 17.8. The monoisotopic (exact) mass is 469 g/mol. The molecule has 0 aromatic carbocycles. The first-order valence-corrected chi connectivity index (χ1v) is 10.3. The van der Waals surface area contributed by atoms with Crippen molar-refractivity contribution in [3.63, 3.8) is 0 Å². The molecule has 1 atom stereocenters. The van der Waals surface area contributed by atoms with E-state index in [1.165, 1.54) is 13.3 Å². The number of fused-ring (bicyclic) bond motifs is 1. The molecule has 33 heavy (non-hydrogen) atoms. The van der Waals surface area contributed by atoms with Crippen LogP contribution in [0.25, 0.3) is 11.2 Å². The van der Waals surface area contributed by atoms with Crippen molar-refractivity contribution in [1.82, 2.24) is 29.4 Å². The molecular weight excluding hydrogens is 446 g/mol. The number of hydrogen-bond donors (Lipinski definition) is 1. The van der Waals surface area contributed by atoms with E-state index in [2.05, 4.69) is 25.3 Å². The van der Waals surface area contributed by atoms with Crippen molar-refractivity contribution in [2.24, 2.45) is 0 Å². The fourth-order valence-corrected chi connectivity index (χ4v) is 3.58. The Bertz CT molecular complexity index is 1090. The molecule has 0 bridgehead atoms. The molecule has 1 fully saturated rings. The van der Waals surface area contributed by atoms with Crippen molar-refractivity contribution < 1.29 is 27.0 Å². The number of nitrogens with zero attached hydrogens (tertiary/aromatic N) is 6. The Hall–Kier alpha value is -2.90. The molecule has 0 saturated carbocycles. The van der Waals surface area contributed by atoms with E-state index in [9.17, 15) is 17.6 Å². The minimum atomic E-state index is -4.44. The molecule has 9 nitrogen and oxygen atoms in total. The van der Waals surface area contributed by atoms with Crippen molar-refractivity contribution in [3.8, 4) is 0 Å². The lowest BCUT2D eigenvalue weighted by Crippen LogP contribution is -2.38. The molecule has 0 radical (unpaired) electrons. The van der Waals surface area contributed by atoms with Gasteiger partial charge in [-0.15, -0.1) is 0 Å². The van der Waals surface area contributed by atoms with E-state index in [1.54, 1.807) is 6.07 Å². The van der Waals surface area contributed by atoms with Gasteiger partial charge in [-0.3, -0.25) is 9.88 Å². The third kappa shape index (κ3) is 5.72. The number of ether oxygens (including phenoxy) is 2. The largest absolute Gasteiger partial charge is 0.406 e. The van der Waals surface area contributed by atoms with E-state index < -0.39 is 24.6 Å². The first-order chi connectivity index (χ1) is 15.8. The van der Waals surface area contributed by atoms with Gasteiger partial charge in [-0.05, 0) is 6.07 Å². The molecule has 1 aliphatic rings. The average molecular weight is 469 g/mol. The number of halogens is 4. The van der Waals surface area contributed by atoms with Gasteiger partial charge in [0.05, 0.1) is 25.7 Å². The molecule has 1 unspecified atom stereocenters. The number of methoxy groups -OCH3 is 1. The molecule has 0 spiro atoms. The predicted octanol–water partition coefficient (Wildman–Crippen LogP) is 2.55. The van der Waals surface area contributed by atoms with Crippen molar-refractivity contribution in [3.05, 3.63) is 42.0 Å². The Morgan fingerprint density at radius 1 is 1.30 bits per heavy atom. The summed E-state index contributed by atoms with van der Waals surface area (Å²) < 4.78 is 65.0. The summed E-state index contributed by atoms with van der Waals surface area (Å²) in [5.74, 6) is 0.124. The van der Waals surface area contributed by atoms with Gasteiger partial charge in [0.15, 0.2) is 17.3 Å². The lowest BCUT2D eigenvalue weighted by Gasteiger charge is -2.32. The normalized spacial score (nSPS) is 17.5. The molecule has 0 aliphatic carbocycles. The van der Waals surface area contributed by atoms with Crippen LogP contribution in [0.5, 0.6) is 0 Å². The fraction of sp³-hybridized carbons (Fsp3) is 0.500. The Morgan fingerprint density at radius 2 is 2.15 bits per heavy atom. The number of morpholine rings is 1. The molecule has 4 rings (SSSR count). The maximum Gasteiger partial charge on any atom is 0.406 e. The lowest BCUT2D eigenvalue weighted by molar-refractivity contribution is -0.140. The van der Waals surface area contributed by atoms with E-state index in [4.69, 9.17) is 9.47 Å². The summed E-state index contributed by atoms with van der Waals surface area (Å²) >= 11 is 0. The molecule has 3 aromatic heterocycles. The second-order valence-electron chi connectivity index (χ2n) is 7.57. The number of rotatable bonds is 8. The van der Waals surface area contributed by atoms with Gasteiger partial charge in [0.25, 0.3) is 0 Å². The Labute approximate surface area is 186 Å². The number of pyridine rings is 1. The SMILES string of the molecule is COCCNc1nc(C2CN(Cc3ccncc3F)CCO2)nc2c1ncn2CC(F)(F)F. The minimum absolute atomic E-state index is 0.0538. The molecule has 4 heterocycles. The lowest BCUT2D eigenvalue weighted by atomic mass is 10.2. The summed E-state index contributed by atoms with van der Waals surface area (Å²) in [6.07, 6.45) is -1.27. The molecule has 1 aliphatic heterocycles. The summed E-state index contributed by atoms with van der Waals surface area (Å²) in [6, 6.07) is 1.61. The summed E-state index contributed by atoms with van der Waals surface area (Å²) in [4.78, 5) is 18.7. The van der Waals surface area contributed by atoms with Crippen LogP contribution >= 0.6 is 0 Å². The van der Waals surface area contributed by atoms with Gasteiger partial charge in [-0.2, -0.15) is 13.2 Å². The van der Waals surface area contributed by atoms with Crippen molar-refractivity contribution in [2.75, 3.05) is 45.3 Å². The van der Waals surface area contributed by atoms with Crippen molar-refractivity contribution in [2.45, 2.75) is 25.4 Å². The number of nitrogens with one attached hydrogen (secondary N) is 1. The minimum Gasteiger partial charge on any atom is -0.383 e. The van der Waals surface area contributed by atoms with Gasteiger partial charge in [-0.25, -0.2) is 19.3 Å². The standard InChI is InChI=1S/C20H23F4N7O2/c1-32-6-4-26-18-16-19(31(12-27-16)11-20(22,23)24)29-17(28-18)15-10-30(5-7-33-15)9-13-2-3-25-8-14(13)21/h2-3,8,12,15H,4-7,9-11H2,1H3,(H,26,28,29). The molecular formula is C20H23F4N7O2. The van der Waals surface area contributed by atoms with Gasteiger partial charge < -0.3 is 19.4 Å². The number of aromatic nitrogens is 5. The van der Waals surface area contributed by atoms with Gasteiger partial charge in [0.2, 0.25) is 0 Å². The number of imidazole rings is 1. The first-order valence-electron chi connectivity index (χ1n) is 10.3. The van der Waals surface area contributed by atoms with Crippen LogP contribution in [0.3, 0.4) is 0 Å².